The van der Waals surface area contributed by atoms with Gasteiger partial charge < -0.3 is 4.74 Å². The van der Waals surface area contributed by atoms with Crippen molar-refractivity contribution in [2.45, 2.75) is 26.4 Å². The zero-order chi connectivity index (χ0) is 13.9. The molecule has 1 N–H and O–H groups in total. The van der Waals surface area contributed by atoms with E-state index in [1.165, 1.54) is 13.2 Å². The Morgan fingerprint density at radius 2 is 2.05 bits per heavy atom. The van der Waals surface area contributed by atoms with Gasteiger partial charge in [-0.1, -0.05) is 43.7 Å². The SMILES string of the molecule is CCC/C(=C\C(=O)OC)CNOCc1ccccc1. The molecular weight excluding hydrogens is 242 g/mol. The van der Waals surface area contributed by atoms with Gasteiger partial charge in [0.2, 0.25) is 0 Å². The van der Waals surface area contributed by atoms with Crippen LogP contribution in [0.15, 0.2) is 42.0 Å². The number of nitrogens with one attached hydrogen (secondary N) is 1. The van der Waals surface area contributed by atoms with Crippen LogP contribution in [0.4, 0.5) is 0 Å². The van der Waals surface area contributed by atoms with E-state index < -0.39 is 0 Å². The molecule has 0 saturated heterocycles. The average molecular weight is 263 g/mol. The second-order valence-electron chi connectivity index (χ2n) is 4.17. The van der Waals surface area contributed by atoms with Crippen LogP contribution in [-0.4, -0.2) is 19.6 Å². The van der Waals surface area contributed by atoms with Gasteiger partial charge in [-0.2, -0.15) is 5.48 Å². The second-order valence-corrected chi connectivity index (χ2v) is 4.17. The molecule has 0 bridgehead atoms. The van der Waals surface area contributed by atoms with Gasteiger partial charge in [-0.05, 0) is 17.6 Å². The van der Waals surface area contributed by atoms with Crippen LogP contribution >= 0.6 is 0 Å². The third kappa shape index (κ3) is 6.74. The molecule has 0 aromatic heterocycles. The number of methoxy groups -OCH3 is 1. The molecule has 1 rings (SSSR count). The lowest BCUT2D eigenvalue weighted by molar-refractivity contribution is -0.134. The Morgan fingerprint density at radius 3 is 2.68 bits per heavy atom. The Balaban J connectivity index is 2.32. The van der Waals surface area contributed by atoms with Crippen LogP contribution in [-0.2, 0) is 21.0 Å². The molecule has 4 nitrogen and oxygen atoms in total. The monoisotopic (exact) mass is 263 g/mol. The van der Waals surface area contributed by atoms with Crippen LogP contribution < -0.4 is 5.48 Å². The summed E-state index contributed by atoms with van der Waals surface area (Å²) in [5.41, 5.74) is 4.95. The molecule has 0 spiro atoms. The minimum absolute atomic E-state index is 0.326. The Morgan fingerprint density at radius 1 is 1.32 bits per heavy atom. The number of ether oxygens (including phenoxy) is 1. The highest BCUT2D eigenvalue weighted by molar-refractivity contribution is 5.82. The second kappa shape index (κ2) is 9.30. The first kappa shape index (κ1) is 15.4. The van der Waals surface area contributed by atoms with Gasteiger partial charge in [-0.25, -0.2) is 4.79 Å². The van der Waals surface area contributed by atoms with Crippen molar-refractivity contribution < 1.29 is 14.4 Å². The van der Waals surface area contributed by atoms with E-state index in [2.05, 4.69) is 17.1 Å². The molecule has 0 atom stereocenters. The van der Waals surface area contributed by atoms with E-state index in [0.717, 1.165) is 24.0 Å². The Kier molecular flexibility index (Phi) is 7.54. The topological polar surface area (TPSA) is 47.6 Å². The van der Waals surface area contributed by atoms with E-state index in [9.17, 15) is 4.79 Å². The zero-order valence-electron chi connectivity index (χ0n) is 11.5. The number of carbonyl (C=O) groups is 1. The molecule has 0 radical (unpaired) electrons. The predicted molar refractivity (Wildman–Crippen MR) is 74.2 cm³/mol. The molecule has 19 heavy (non-hydrogen) atoms. The number of hydrogen-bond donors (Lipinski definition) is 1. The predicted octanol–water partition coefficient (Wildman–Crippen LogP) is 2.61. The molecule has 0 saturated carbocycles. The van der Waals surface area contributed by atoms with Crippen molar-refractivity contribution in [3.8, 4) is 0 Å². The van der Waals surface area contributed by atoms with Gasteiger partial charge in [0.1, 0.15) is 0 Å². The molecule has 0 aliphatic rings. The van der Waals surface area contributed by atoms with Crippen LogP contribution in [0.3, 0.4) is 0 Å². The highest BCUT2D eigenvalue weighted by atomic mass is 16.6. The fourth-order valence-electron chi connectivity index (χ4n) is 1.61. The smallest absolute Gasteiger partial charge is 0.330 e. The van der Waals surface area contributed by atoms with Gasteiger partial charge in [-0.15, -0.1) is 0 Å². The molecule has 0 fully saturated rings. The molecule has 0 heterocycles. The van der Waals surface area contributed by atoms with Gasteiger partial charge in [0.05, 0.1) is 13.7 Å². The minimum atomic E-state index is -0.326. The van der Waals surface area contributed by atoms with Crippen LogP contribution in [0.25, 0.3) is 0 Å². The van der Waals surface area contributed by atoms with Gasteiger partial charge in [0, 0.05) is 12.6 Å². The maximum atomic E-state index is 11.2. The normalized spacial score (nSPS) is 11.4. The van der Waals surface area contributed by atoms with Crippen LogP contribution in [0.1, 0.15) is 25.3 Å². The van der Waals surface area contributed by atoms with Crippen LogP contribution in [0.5, 0.6) is 0 Å². The van der Waals surface area contributed by atoms with Crippen molar-refractivity contribution in [1.82, 2.24) is 5.48 Å². The zero-order valence-corrected chi connectivity index (χ0v) is 11.5. The first-order valence-corrected chi connectivity index (χ1v) is 6.42. The average Bonchev–Trinajstić information content (AvgIpc) is 2.44. The summed E-state index contributed by atoms with van der Waals surface area (Å²) >= 11 is 0. The molecule has 0 aliphatic heterocycles. The summed E-state index contributed by atoms with van der Waals surface area (Å²) in [6.07, 6.45) is 3.34. The lowest BCUT2D eigenvalue weighted by atomic mass is 10.1. The standard InChI is InChI=1S/C15H21NO3/c1-3-7-14(10-15(17)18-2)11-16-19-12-13-8-5-4-6-9-13/h4-6,8-10,16H,3,7,11-12H2,1-2H3/b14-10+. The summed E-state index contributed by atoms with van der Waals surface area (Å²) in [4.78, 5) is 16.6. The molecule has 104 valence electrons. The summed E-state index contributed by atoms with van der Waals surface area (Å²) in [7, 11) is 1.38. The molecular formula is C15H21NO3. The molecule has 0 amide bonds. The van der Waals surface area contributed by atoms with Gasteiger partial charge >= 0.3 is 5.97 Å². The highest BCUT2D eigenvalue weighted by Gasteiger charge is 2.01. The van der Waals surface area contributed by atoms with E-state index in [4.69, 9.17) is 4.84 Å². The van der Waals surface area contributed by atoms with E-state index in [-0.39, 0.29) is 5.97 Å². The maximum Gasteiger partial charge on any atom is 0.330 e. The summed E-state index contributed by atoms with van der Waals surface area (Å²) in [6, 6.07) is 9.91. The van der Waals surface area contributed by atoms with E-state index in [1.54, 1.807) is 0 Å². The fourth-order valence-corrected chi connectivity index (χ4v) is 1.61. The molecule has 0 unspecified atom stereocenters. The first-order valence-electron chi connectivity index (χ1n) is 6.42. The quantitative estimate of drug-likeness (QED) is 0.339. The summed E-state index contributed by atoms with van der Waals surface area (Å²) in [6.45, 7) is 3.09. The maximum absolute atomic E-state index is 11.2. The van der Waals surface area contributed by atoms with Crippen molar-refractivity contribution in [1.29, 1.82) is 0 Å². The molecule has 1 aromatic rings. The van der Waals surface area contributed by atoms with E-state index in [0.29, 0.717) is 13.2 Å². The summed E-state index contributed by atoms with van der Waals surface area (Å²) in [5, 5.41) is 0. The van der Waals surface area contributed by atoms with E-state index in [1.807, 2.05) is 30.3 Å². The van der Waals surface area contributed by atoms with Gasteiger partial charge in [0.15, 0.2) is 0 Å². The highest BCUT2D eigenvalue weighted by Crippen LogP contribution is 2.04. The summed E-state index contributed by atoms with van der Waals surface area (Å²) in [5.74, 6) is -0.326. The molecule has 0 aliphatic carbocycles. The number of hydrogen-bond acceptors (Lipinski definition) is 4. The number of hydroxylamine groups is 1. The third-order valence-electron chi connectivity index (χ3n) is 2.58. The Bertz CT molecular complexity index is 401. The Labute approximate surface area is 114 Å². The largest absolute Gasteiger partial charge is 0.466 e. The van der Waals surface area contributed by atoms with Crippen LogP contribution in [0.2, 0.25) is 0 Å². The number of carbonyl (C=O) groups excluding carboxylic acids is 1. The minimum Gasteiger partial charge on any atom is -0.466 e. The first-order chi connectivity index (χ1) is 9.26. The number of esters is 1. The van der Waals surface area contributed by atoms with E-state index >= 15 is 0 Å². The lowest BCUT2D eigenvalue weighted by Gasteiger charge is -2.08. The molecule has 4 heteroatoms. The van der Waals surface area contributed by atoms with Crippen molar-refractivity contribution in [2.75, 3.05) is 13.7 Å². The van der Waals surface area contributed by atoms with Crippen LogP contribution in [0, 0.1) is 0 Å². The van der Waals surface area contributed by atoms with Gasteiger partial charge in [-0.3, -0.25) is 4.84 Å². The molecule has 1 aromatic carbocycles. The fraction of sp³-hybridized carbons (Fsp3) is 0.400. The van der Waals surface area contributed by atoms with Crippen molar-refractivity contribution >= 4 is 5.97 Å². The Hall–Kier alpha value is -1.65. The van der Waals surface area contributed by atoms with Crippen molar-refractivity contribution in [2.24, 2.45) is 0 Å². The number of rotatable bonds is 8. The van der Waals surface area contributed by atoms with Crippen molar-refractivity contribution in [3.05, 3.63) is 47.5 Å². The van der Waals surface area contributed by atoms with Crippen molar-refractivity contribution in [3.63, 3.8) is 0 Å². The lowest BCUT2D eigenvalue weighted by Crippen LogP contribution is -2.18. The number of benzene rings is 1. The third-order valence-corrected chi connectivity index (χ3v) is 2.58. The summed E-state index contributed by atoms with van der Waals surface area (Å²) < 4.78 is 4.62. The van der Waals surface area contributed by atoms with Gasteiger partial charge in [0.25, 0.3) is 0 Å².